The van der Waals surface area contributed by atoms with E-state index in [9.17, 15) is 9.90 Å². The highest BCUT2D eigenvalue weighted by Gasteiger charge is 2.24. The quantitative estimate of drug-likeness (QED) is 0.605. The molecule has 30 heavy (non-hydrogen) atoms. The fourth-order valence-corrected chi connectivity index (χ4v) is 3.26. The van der Waals surface area contributed by atoms with E-state index in [0.717, 1.165) is 16.8 Å². The Bertz CT molecular complexity index is 916. The molecular formula is C24H30N4O2. The maximum atomic E-state index is 13.0. The van der Waals surface area contributed by atoms with Gasteiger partial charge in [0.25, 0.3) is 0 Å². The first-order valence-corrected chi connectivity index (χ1v) is 10.2. The number of nitrogens with zero attached hydrogens (tertiary/aromatic N) is 3. The molecule has 6 heteroatoms. The first-order valence-electron chi connectivity index (χ1n) is 10.2. The lowest BCUT2D eigenvalue weighted by Crippen LogP contribution is -2.42. The number of hydrogen-bond donors (Lipinski definition) is 2. The smallest absolute Gasteiger partial charge is 0.321 e. The molecule has 0 aliphatic rings. The molecule has 0 aliphatic carbocycles. The summed E-state index contributed by atoms with van der Waals surface area (Å²) in [7, 11) is 0. The number of benzene rings is 2. The van der Waals surface area contributed by atoms with Gasteiger partial charge in [0.2, 0.25) is 0 Å². The standard InChI is InChI=1S/C24H30N4O2/c1-24(2,3)18-27(17-22(29)20-8-5-4-6-9-20)23(30)26-21-12-10-19(11-13-21)16-28-15-7-14-25-28/h4-15,22,29H,16-18H2,1-3H3,(H,26,30)/t22-/m1/s1. The van der Waals surface area contributed by atoms with Crippen LogP contribution in [0.25, 0.3) is 0 Å². The van der Waals surface area contributed by atoms with Crippen molar-refractivity contribution in [1.29, 1.82) is 0 Å². The van der Waals surface area contributed by atoms with Gasteiger partial charge in [-0.15, -0.1) is 0 Å². The van der Waals surface area contributed by atoms with Crippen LogP contribution in [0.3, 0.4) is 0 Å². The van der Waals surface area contributed by atoms with Crippen LogP contribution >= 0.6 is 0 Å². The Hall–Kier alpha value is -3.12. The highest BCUT2D eigenvalue weighted by Crippen LogP contribution is 2.21. The number of nitrogens with one attached hydrogen (secondary N) is 1. The molecule has 6 nitrogen and oxygen atoms in total. The van der Waals surface area contributed by atoms with Crippen molar-refractivity contribution in [2.75, 3.05) is 18.4 Å². The van der Waals surface area contributed by atoms with E-state index in [1.165, 1.54) is 0 Å². The SMILES string of the molecule is CC(C)(C)CN(C[C@@H](O)c1ccccc1)C(=O)Nc1ccc(Cn2cccn2)cc1. The lowest BCUT2D eigenvalue weighted by Gasteiger charge is -2.31. The Morgan fingerprint density at radius 2 is 1.80 bits per heavy atom. The second-order valence-corrected chi connectivity index (χ2v) is 8.70. The van der Waals surface area contributed by atoms with Crippen molar-refractivity contribution in [3.05, 3.63) is 84.2 Å². The summed E-state index contributed by atoms with van der Waals surface area (Å²) in [6.45, 7) is 7.66. The first-order chi connectivity index (χ1) is 14.3. The van der Waals surface area contributed by atoms with E-state index in [0.29, 0.717) is 13.1 Å². The Morgan fingerprint density at radius 3 is 2.40 bits per heavy atom. The Kier molecular flexibility index (Phi) is 6.90. The van der Waals surface area contributed by atoms with Gasteiger partial charge < -0.3 is 15.3 Å². The average molecular weight is 407 g/mol. The summed E-state index contributed by atoms with van der Waals surface area (Å²) in [5, 5.41) is 17.8. The number of aliphatic hydroxyl groups is 1. The van der Waals surface area contributed by atoms with Crippen molar-refractivity contribution in [2.45, 2.75) is 33.4 Å². The van der Waals surface area contributed by atoms with Crippen LogP contribution in [0.1, 0.15) is 38.0 Å². The Labute approximate surface area is 178 Å². The lowest BCUT2D eigenvalue weighted by molar-refractivity contribution is 0.110. The molecule has 0 unspecified atom stereocenters. The second-order valence-electron chi connectivity index (χ2n) is 8.70. The van der Waals surface area contributed by atoms with Gasteiger partial charge in [-0.1, -0.05) is 63.2 Å². The van der Waals surface area contributed by atoms with E-state index in [2.05, 4.69) is 31.2 Å². The van der Waals surface area contributed by atoms with E-state index in [-0.39, 0.29) is 18.0 Å². The van der Waals surface area contributed by atoms with Gasteiger partial charge in [0.1, 0.15) is 0 Å². The second kappa shape index (κ2) is 9.59. The number of urea groups is 1. The summed E-state index contributed by atoms with van der Waals surface area (Å²) in [5.41, 5.74) is 2.52. The topological polar surface area (TPSA) is 70.4 Å². The summed E-state index contributed by atoms with van der Waals surface area (Å²) >= 11 is 0. The molecule has 2 N–H and O–H groups in total. The van der Waals surface area contributed by atoms with Gasteiger partial charge in [0, 0.05) is 24.6 Å². The highest BCUT2D eigenvalue weighted by atomic mass is 16.3. The zero-order valence-electron chi connectivity index (χ0n) is 17.8. The van der Waals surface area contributed by atoms with Crippen LogP contribution in [-0.4, -0.2) is 38.9 Å². The summed E-state index contributed by atoms with van der Waals surface area (Å²) < 4.78 is 1.85. The predicted octanol–water partition coefficient (Wildman–Crippen LogP) is 4.55. The molecule has 2 aromatic carbocycles. The van der Waals surface area contributed by atoms with Gasteiger partial charge in [-0.3, -0.25) is 4.68 Å². The maximum Gasteiger partial charge on any atom is 0.321 e. The minimum absolute atomic E-state index is 0.0959. The van der Waals surface area contributed by atoms with Gasteiger partial charge in [-0.05, 0) is 34.7 Å². The largest absolute Gasteiger partial charge is 0.387 e. The van der Waals surface area contributed by atoms with Crippen LogP contribution < -0.4 is 5.32 Å². The Balaban J connectivity index is 1.66. The van der Waals surface area contributed by atoms with Crippen molar-refractivity contribution in [3.8, 4) is 0 Å². The number of rotatable bonds is 7. The molecular weight excluding hydrogens is 376 g/mol. The highest BCUT2D eigenvalue weighted by molar-refractivity contribution is 5.89. The average Bonchev–Trinajstić information content (AvgIpc) is 3.21. The van der Waals surface area contributed by atoms with Gasteiger partial charge in [0.15, 0.2) is 0 Å². The van der Waals surface area contributed by atoms with E-state index in [1.807, 2.05) is 71.5 Å². The molecule has 0 fully saturated rings. The fraction of sp³-hybridized carbons (Fsp3) is 0.333. The molecule has 0 aliphatic heterocycles. The van der Waals surface area contributed by atoms with Crippen LogP contribution in [-0.2, 0) is 6.54 Å². The molecule has 0 spiro atoms. The number of carbonyl (C=O) groups excluding carboxylic acids is 1. The molecule has 2 amide bonds. The summed E-state index contributed by atoms with van der Waals surface area (Å²) in [6.07, 6.45) is 2.93. The molecule has 0 bridgehead atoms. The molecule has 158 valence electrons. The number of anilines is 1. The van der Waals surface area contributed by atoms with Gasteiger partial charge >= 0.3 is 6.03 Å². The molecule has 0 saturated carbocycles. The third-order valence-electron chi connectivity index (χ3n) is 4.64. The first kappa shape index (κ1) is 21.6. The number of aliphatic hydroxyl groups excluding tert-OH is 1. The van der Waals surface area contributed by atoms with Gasteiger partial charge in [0.05, 0.1) is 19.2 Å². The third-order valence-corrected chi connectivity index (χ3v) is 4.64. The van der Waals surface area contributed by atoms with Gasteiger partial charge in [-0.25, -0.2) is 4.79 Å². The van der Waals surface area contributed by atoms with Crippen molar-refractivity contribution < 1.29 is 9.90 Å². The van der Waals surface area contributed by atoms with Crippen LogP contribution in [0.4, 0.5) is 10.5 Å². The molecule has 3 aromatic rings. The summed E-state index contributed by atoms with van der Waals surface area (Å²) in [5.74, 6) is 0. The molecule has 1 heterocycles. The van der Waals surface area contributed by atoms with Crippen molar-refractivity contribution in [2.24, 2.45) is 5.41 Å². The van der Waals surface area contributed by atoms with E-state index < -0.39 is 6.10 Å². The molecule has 3 rings (SSSR count). The minimum Gasteiger partial charge on any atom is -0.387 e. The lowest BCUT2D eigenvalue weighted by atomic mass is 9.95. The van der Waals surface area contributed by atoms with Crippen molar-refractivity contribution in [3.63, 3.8) is 0 Å². The van der Waals surface area contributed by atoms with E-state index >= 15 is 0 Å². The van der Waals surface area contributed by atoms with Crippen LogP contribution in [0.2, 0.25) is 0 Å². The van der Waals surface area contributed by atoms with Crippen LogP contribution in [0.5, 0.6) is 0 Å². The minimum atomic E-state index is -0.740. The molecule has 0 saturated heterocycles. The molecule has 1 aromatic heterocycles. The van der Waals surface area contributed by atoms with E-state index in [1.54, 1.807) is 11.1 Å². The fourth-order valence-electron chi connectivity index (χ4n) is 3.26. The van der Waals surface area contributed by atoms with Crippen molar-refractivity contribution >= 4 is 11.7 Å². The Morgan fingerprint density at radius 1 is 1.10 bits per heavy atom. The summed E-state index contributed by atoms with van der Waals surface area (Å²) in [4.78, 5) is 14.7. The number of aromatic nitrogens is 2. The van der Waals surface area contributed by atoms with E-state index in [4.69, 9.17) is 0 Å². The normalized spacial score (nSPS) is 12.4. The van der Waals surface area contributed by atoms with Gasteiger partial charge in [-0.2, -0.15) is 5.10 Å². The maximum absolute atomic E-state index is 13.0. The summed E-state index contributed by atoms with van der Waals surface area (Å²) in [6, 6.07) is 18.8. The predicted molar refractivity (Wildman–Crippen MR) is 119 cm³/mol. The monoisotopic (exact) mass is 406 g/mol. The number of hydrogen-bond acceptors (Lipinski definition) is 3. The third kappa shape index (κ3) is 6.46. The van der Waals surface area contributed by atoms with Crippen LogP contribution in [0, 0.1) is 5.41 Å². The molecule has 0 radical (unpaired) electrons. The zero-order chi connectivity index (χ0) is 21.6. The zero-order valence-corrected chi connectivity index (χ0v) is 17.8. The number of carbonyl (C=O) groups is 1. The number of amides is 2. The molecule has 1 atom stereocenters. The van der Waals surface area contributed by atoms with Crippen molar-refractivity contribution in [1.82, 2.24) is 14.7 Å². The van der Waals surface area contributed by atoms with Crippen LogP contribution in [0.15, 0.2) is 73.1 Å².